The first-order chi connectivity index (χ1) is 15.3. The molecule has 172 valence electrons. The van der Waals surface area contributed by atoms with Crippen molar-refractivity contribution in [3.8, 4) is 11.5 Å². The minimum atomic E-state index is -1.86. The third kappa shape index (κ3) is 4.35. The second-order valence-corrected chi connectivity index (χ2v) is 18.1. The lowest BCUT2D eigenvalue weighted by Gasteiger charge is -2.30. The van der Waals surface area contributed by atoms with E-state index in [9.17, 15) is 9.59 Å². The molecule has 0 N–H and O–H groups in total. The summed E-state index contributed by atoms with van der Waals surface area (Å²) in [5.74, 6) is 1.17. The van der Waals surface area contributed by atoms with Gasteiger partial charge in [0.2, 0.25) is 16.6 Å². The van der Waals surface area contributed by atoms with Crippen molar-refractivity contribution >= 4 is 28.2 Å². The van der Waals surface area contributed by atoms with Gasteiger partial charge in [0.05, 0.1) is 0 Å². The van der Waals surface area contributed by atoms with Gasteiger partial charge in [0.1, 0.15) is 11.5 Å². The second-order valence-electron chi connectivity index (χ2n) is 8.76. The van der Waals surface area contributed by atoms with Gasteiger partial charge in [0, 0.05) is 22.3 Å². The molecule has 0 saturated carbocycles. The number of rotatable bonds is 10. The molecule has 0 aromatic heterocycles. The Hall–Kier alpha value is -2.19. The lowest BCUT2D eigenvalue weighted by Crippen LogP contribution is -2.39. The Kier molecular flexibility index (Phi) is 7.45. The van der Waals surface area contributed by atoms with Gasteiger partial charge in [0.25, 0.3) is 0 Å². The van der Waals surface area contributed by atoms with Crippen molar-refractivity contribution in [2.75, 3.05) is 0 Å². The maximum Gasteiger partial charge on any atom is 0.250 e. The quantitative estimate of drug-likeness (QED) is 0.294. The summed E-state index contributed by atoms with van der Waals surface area (Å²) in [5.41, 5.74) is 1.79. The summed E-state index contributed by atoms with van der Waals surface area (Å²) in [6.07, 6.45) is 0. The highest BCUT2D eigenvalue weighted by molar-refractivity contribution is 6.74. The predicted octanol–water partition coefficient (Wildman–Crippen LogP) is 7.23. The molecule has 0 radical (unpaired) electrons. The minimum Gasteiger partial charge on any atom is -0.543 e. The van der Waals surface area contributed by atoms with Crippen molar-refractivity contribution in [2.24, 2.45) is 0 Å². The highest BCUT2D eigenvalue weighted by Crippen LogP contribution is 2.35. The van der Waals surface area contributed by atoms with E-state index in [0.29, 0.717) is 33.8 Å². The van der Waals surface area contributed by atoms with Gasteiger partial charge in [-0.25, -0.2) is 0 Å². The summed E-state index contributed by atoms with van der Waals surface area (Å²) in [6.45, 7) is 13.1. The molecule has 32 heavy (non-hydrogen) atoms. The summed E-state index contributed by atoms with van der Waals surface area (Å²) >= 11 is 0. The molecule has 0 bridgehead atoms. The Labute approximate surface area is 194 Å². The standard InChI is InChI=1S/C26H36O4Si2/c1-7-31(8-2,9-3)29-19-13-15-21-23(17-19)25(27)22-16-14-20(18-24(22)26(21)28)30-32(10-4,11-5)12-6/h13-18H,7-12H2,1-6H3. The van der Waals surface area contributed by atoms with Crippen LogP contribution >= 0.6 is 0 Å². The molecule has 0 unspecified atom stereocenters. The molecule has 3 rings (SSSR count). The topological polar surface area (TPSA) is 52.6 Å². The number of hydrogen-bond acceptors (Lipinski definition) is 4. The third-order valence-electron chi connectivity index (χ3n) is 7.50. The Morgan fingerprint density at radius 3 is 1.12 bits per heavy atom. The third-order valence-corrected chi connectivity index (χ3v) is 16.6. The van der Waals surface area contributed by atoms with Crippen molar-refractivity contribution in [1.29, 1.82) is 0 Å². The van der Waals surface area contributed by atoms with E-state index in [1.807, 2.05) is 12.1 Å². The van der Waals surface area contributed by atoms with Crippen LogP contribution in [0.25, 0.3) is 0 Å². The van der Waals surface area contributed by atoms with Crippen LogP contribution in [0.4, 0.5) is 0 Å². The molecule has 0 atom stereocenters. The zero-order valence-corrected chi connectivity index (χ0v) is 22.3. The fourth-order valence-electron chi connectivity index (χ4n) is 4.67. The summed E-state index contributed by atoms with van der Waals surface area (Å²) in [5, 5.41) is 0. The van der Waals surface area contributed by atoms with Crippen LogP contribution in [0.2, 0.25) is 36.3 Å². The second kappa shape index (κ2) is 9.75. The summed E-state index contributed by atoms with van der Waals surface area (Å²) in [6, 6.07) is 16.9. The average molecular weight is 469 g/mol. The maximum absolute atomic E-state index is 13.3. The van der Waals surface area contributed by atoms with Crippen molar-refractivity contribution < 1.29 is 18.4 Å². The van der Waals surface area contributed by atoms with E-state index in [1.54, 1.807) is 24.3 Å². The molecule has 1 aliphatic carbocycles. The smallest absolute Gasteiger partial charge is 0.250 e. The highest BCUT2D eigenvalue weighted by atomic mass is 28.4. The molecule has 0 aliphatic heterocycles. The maximum atomic E-state index is 13.3. The van der Waals surface area contributed by atoms with E-state index in [1.165, 1.54) is 0 Å². The molecular weight excluding hydrogens is 432 g/mol. The fourth-order valence-corrected chi connectivity index (χ4v) is 9.79. The number of fused-ring (bicyclic) bond motifs is 2. The van der Waals surface area contributed by atoms with Crippen LogP contribution in [-0.2, 0) is 0 Å². The van der Waals surface area contributed by atoms with Crippen molar-refractivity contribution in [3.05, 3.63) is 58.7 Å². The van der Waals surface area contributed by atoms with Gasteiger partial charge >= 0.3 is 0 Å². The van der Waals surface area contributed by atoms with E-state index in [4.69, 9.17) is 8.85 Å². The fraction of sp³-hybridized carbons (Fsp3) is 0.462. The molecule has 1 aliphatic rings. The largest absolute Gasteiger partial charge is 0.543 e. The molecule has 0 spiro atoms. The highest BCUT2D eigenvalue weighted by Gasteiger charge is 2.35. The van der Waals surface area contributed by atoms with Crippen LogP contribution in [0.1, 0.15) is 73.4 Å². The van der Waals surface area contributed by atoms with Crippen molar-refractivity contribution in [1.82, 2.24) is 0 Å². The first-order valence-electron chi connectivity index (χ1n) is 12.1. The van der Waals surface area contributed by atoms with Crippen LogP contribution in [0.3, 0.4) is 0 Å². The van der Waals surface area contributed by atoms with Gasteiger partial charge in [-0.2, -0.15) is 0 Å². The van der Waals surface area contributed by atoms with Crippen molar-refractivity contribution in [2.45, 2.75) is 77.8 Å². The van der Waals surface area contributed by atoms with E-state index in [0.717, 1.165) is 36.3 Å². The number of carbonyl (C=O) groups excluding carboxylic acids is 2. The lowest BCUT2D eigenvalue weighted by molar-refractivity contribution is 0.0978. The summed E-state index contributed by atoms with van der Waals surface area (Å²) in [7, 11) is -3.73. The van der Waals surface area contributed by atoms with Crippen LogP contribution in [-0.4, -0.2) is 28.2 Å². The van der Waals surface area contributed by atoms with E-state index in [2.05, 4.69) is 41.5 Å². The summed E-state index contributed by atoms with van der Waals surface area (Å²) < 4.78 is 12.9. The van der Waals surface area contributed by atoms with E-state index in [-0.39, 0.29) is 11.6 Å². The van der Waals surface area contributed by atoms with Crippen LogP contribution in [0.15, 0.2) is 36.4 Å². The molecule has 0 fully saturated rings. The predicted molar refractivity (Wildman–Crippen MR) is 135 cm³/mol. The Morgan fingerprint density at radius 2 is 0.844 bits per heavy atom. The van der Waals surface area contributed by atoms with Gasteiger partial charge in [0.15, 0.2) is 11.6 Å². The van der Waals surface area contributed by atoms with Gasteiger partial charge < -0.3 is 8.85 Å². The zero-order valence-electron chi connectivity index (χ0n) is 20.3. The number of hydrogen-bond donors (Lipinski definition) is 0. The Morgan fingerprint density at radius 1 is 0.531 bits per heavy atom. The molecule has 6 heteroatoms. The Balaban J connectivity index is 1.96. The van der Waals surface area contributed by atoms with Crippen LogP contribution in [0, 0.1) is 0 Å². The SMILES string of the molecule is CC[Si](CC)(CC)Oc1ccc2c(c1)C(=O)c1ccc(O[Si](CC)(CC)CC)cc1C2=O. The molecule has 0 amide bonds. The first-order valence-corrected chi connectivity index (χ1v) is 17.1. The first kappa shape index (κ1) is 24.5. The Bertz CT molecular complexity index is 909. The number of benzene rings is 2. The molecule has 0 heterocycles. The van der Waals surface area contributed by atoms with Crippen LogP contribution in [0.5, 0.6) is 11.5 Å². The summed E-state index contributed by atoms with van der Waals surface area (Å²) in [4.78, 5) is 26.6. The monoisotopic (exact) mass is 468 g/mol. The van der Waals surface area contributed by atoms with E-state index < -0.39 is 16.6 Å². The number of carbonyl (C=O) groups is 2. The van der Waals surface area contributed by atoms with Crippen molar-refractivity contribution in [3.63, 3.8) is 0 Å². The van der Waals surface area contributed by atoms with Gasteiger partial charge in [-0.15, -0.1) is 0 Å². The lowest BCUT2D eigenvalue weighted by atomic mass is 9.84. The average Bonchev–Trinajstić information content (AvgIpc) is 2.84. The molecule has 2 aromatic rings. The van der Waals surface area contributed by atoms with E-state index >= 15 is 0 Å². The molecule has 0 saturated heterocycles. The molecule has 2 aromatic carbocycles. The molecule has 4 nitrogen and oxygen atoms in total. The minimum absolute atomic E-state index is 0.117. The zero-order chi connectivity index (χ0) is 23.5. The molecular formula is C26H36O4Si2. The van der Waals surface area contributed by atoms with Gasteiger partial charge in [-0.05, 0) is 72.7 Å². The van der Waals surface area contributed by atoms with Gasteiger partial charge in [-0.3, -0.25) is 9.59 Å². The van der Waals surface area contributed by atoms with Gasteiger partial charge in [-0.1, -0.05) is 41.5 Å². The number of ketones is 2. The van der Waals surface area contributed by atoms with Crippen LogP contribution < -0.4 is 8.85 Å². The normalized spacial score (nSPS) is 13.6.